The molecule has 0 aromatic heterocycles. The molecule has 6 nitrogen and oxygen atoms in total. The van der Waals surface area contributed by atoms with Crippen molar-refractivity contribution in [2.75, 3.05) is 6.54 Å². The molecule has 0 rings (SSSR count). The number of carbonyl (C=O) groups excluding carboxylic acids is 1. The summed E-state index contributed by atoms with van der Waals surface area (Å²) in [6.07, 6.45) is 0. The minimum absolute atomic E-state index is 0.235. The maximum atomic E-state index is 10.2. The number of hydrogen-bond acceptors (Lipinski definition) is 5. The van der Waals surface area contributed by atoms with Crippen LogP contribution in [0.1, 0.15) is 6.92 Å². The van der Waals surface area contributed by atoms with E-state index in [-0.39, 0.29) is 6.54 Å². The molecule has 3 N–H and O–H groups in total. The quantitative estimate of drug-likeness (QED) is 0.288. The standard InChI is InChI=1S/C4H8N2O4/c1-2-6(5)10-4(9)3(7)8/h2,5H2,1H3,(H,7,8). The molecular weight excluding hydrogens is 140 g/mol. The van der Waals surface area contributed by atoms with E-state index in [1.165, 1.54) is 0 Å². The van der Waals surface area contributed by atoms with Gasteiger partial charge >= 0.3 is 11.9 Å². The summed E-state index contributed by atoms with van der Waals surface area (Å²) in [5.74, 6) is 1.89. The van der Waals surface area contributed by atoms with Crippen molar-refractivity contribution < 1.29 is 19.5 Å². The SMILES string of the molecule is CCN(N)OC(=O)C(=O)O. The van der Waals surface area contributed by atoms with Gasteiger partial charge in [0.05, 0.1) is 0 Å². The van der Waals surface area contributed by atoms with Crippen molar-refractivity contribution in [2.24, 2.45) is 5.84 Å². The molecule has 6 heteroatoms. The fourth-order valence-electron chi connectivity index (χ4n) is 0.210. The summed E-state index contributed by atoms with van der Waals surface area (Å²) in [7, 11) is 0. The lowest BCUT2D eigenvalue weighted by Crippen LogP contribution is -2.35. The Morgan fingerprint density at radius 2 is 2.20 bits per heavy atom. The van der Waals surface area contributed by atoms with Gasteiger partial charge in [0.2, 0.25) is 0 Å². The summed E-state index contributed by atoms with van der Waals surface area (Å²) >= 11 is 0. The number of hydrazine groups is 1. The van der Waals surface area contributed by atoms with Crippen LogP contribution in [0.4, 0.5) is 0 Å². The minimum Gasteiger partial charge on any atom is -0.473 e. The fourth-order valence-corrected chi connectivity index (χ4v) is 0.210. The molecule has 0 saturated heterocycles. The molecule has 0 heterocycles. The first-order chi connectivity index (χ1) is 4.57. The molecule has 0 aliphatic carbocycles. The number of carbonyl (C=O) groups is 2. The Morgan fingerprint density at radius 3 is 2.50 bits per heavy atom. The lowest BCUT2D eigenvalue weighted by Gasteiger charge is -2.09. The number of hydrogen-bond donors (Lipinski definition) is 2. The second-order valence-corrected chi connectivity index (χ2v) is 1.42. The summed E-state index contributed by atoms with van der Waals surface area (Å²) < 4.78 is 0. The summed E-state index contributed by atoms with van der Waals surface area (Å²) in [5, 5.41) is 8.61. The second kappa shape index (κ2) is 3.80. The smallest absolute Gasteiger partial charge is 0.437 e. The van der Waals surface area contributed by atoms with Crippen LogP contribution in [0, 0.1) is 0 Å². The van der Waals surface area contributed by atoms with Crippen molar-refractivity contribution in [2.45, 2.75) is 6.92 Å². The maximum Gasteiger partial charge on any atom is 0.437 e. The van der Waals surface area contributed by atoms with Gasteiger partial charge < -0.3 is 9.94 Å². The molecule has 0 unspecified atom stereocenters. The predicted octanol–water partition coefficient (Wildman–Crippen LogP) is -1.28. The molecule has 0 saturated carbocycles. The van der Waals surface area contributed by atoms with Crippen LogP contribution in [0.15, 0.2) is 0 Å². The number of carboxylic acid groups (broad SMARTS) is 1. The van der Waals surface area contributed by atoms with E-state index in [0.29, 0.717) is 5.17 Å². The molecule has 58 valence electrons. The van der Waals surface area contributed by atoms with Crippen LogP contribution in [0.3, 0.4) is 0 Å². The highest BCUT2D eigenvalue weighted by Crippen LogP contribution is 1.81. The van der Waals surface area contributed by atoms with Crippen LogP contribution < -0.4 is 5.84 Å². The maximum absolute atomic E-state index is 10.2. The largest absolute Gasteiger partial charge is 0.473 e. The van der Waals surface area contributed by atoms with Crippen molar-refractivity contribution in [3.05, 3.63) is 0 Å². The van der Waals surface area contributed by atoms with Gasteiger partial charge in [0.15, 0.2) is 0 Å². The molecule has 0 atom stereocenters. The normalized spacial score (nSPS) is 9.50. The van der Waals surface area contributed by atoms with Gasteiger partial charge in [-0.25, -0.2) is 15.4 Å². The highest BCUT2D eigenvalue weighted by atomic mass is 16.7. The number of nitrogens with two attached hydrogens (primary N) is 1. The minimum atomic E-state index is -1.66. The second-order valence-electron chi connectivity index (χ2n) is 1.42. The highest BCUT2D eigenvalue weighted by molar-refractivity contribution is 6.28. The molecule has 0 radical (unpaired) electrons. The van der Waals surface area contributed by atoms with E-state index in [2.05, 4.69) is 4.84 Å². The van der Waals surface area contributed by atoms with Crippen LogP contribution in [0.25, 0.3) is 0 Å². The van der Waals surface area contributed by atoms with Crippen LogP contribution >= 0.6 is 0 Å². The third-order valence-corrected chi connectivity index (χ3v) is 0.686. The molecule has 0 fully saturated rings. The Balaban J connectivity index is 3.68. The topological polar surface area (TPSA) is 92.9 Å². The third kappa shape index (κ3) is 3.00. The lowest BCUT2D eigenvalue weighted by molar-refractivity contribution is -0.198. The first-order valence-electron chi connectivity index (χ1n) is 2.55. The number of carboxylic acids is 1. The Hall–Kier alpha value is -1.14. The van der Waals surface area contributed by atoms with E-state index in [9.17, 15) is 9.59 Å². The van der Waals surface area contributed by atoms with E-state index < -0.39 is 11.9 Å². The third-order valence-electron chi connectivity index (χ3n) is 0.686. The molecule has 0 amide bonds. The average Bonchev–Trinajstić information content (AvgIpc) is 1.87. The highest BCUT2D eigenvalue weighted by Gasteiger charge is 2.15. The first-order valence-corrected chi connectivity index (χ1v) is 2.55. The van der Waals surface area contributed by atoms with Gasteiger partial charge in [-0.3, -0.25) is 0 Å². The van der Waals surface area contributed by atoms with Gasteiger partial charge in [-0.2, -0.15) is 0 Å². The Kier molecular flexibility index (Phi) is 3.37. The molecule has 0 spiro atoms. The predicted molar refractivity (Wildman–Crippen MR) is 30.3 cm³/mol. The molecular formula is C4H8N2O4. The van der Waals surface area contributed by atoms with Crippen molar-refractivity contribution in [1.82, 2.24) is 5.17 Å². The number of nitrogens with zero attached hydrogens (tertiary/aromatic N) is 1. The van der Waals surface area contributed by atoms with E-state index in [4.69, 9.17) is 10.9 Å². The summed E-state index contributed by atoms with van der Waals surface area (Å²) in [6, 6.07) is 0. The molecule has 0 aromatic carbocycles. The molecule has 0 bridgehead atoms. The van der Waals surface area contributed by atoms with Gasteiger partial charge in [-0.15, -0.1) is 0 Å². The first kappa shape index (κ1) is 8.86. The number of hydroxylamine groups is 1. The van der Waals surface area contributed by atoms with Crippen LogP contribution in [-0.2, 0) is 14.4 Å². The summed E-state index contributed by atoms with van der Waals surface area (Å²) in [4.78, 5) is 24.0. The zero-order valence-corrected chi connectivity index (χ0v) is 5.40. The van der Waals surface area contributed by atoms with E-state index in [1.807, 2.05) is 0 Å². The van der Waals surface area contributed by atoms with Crippen molar-refractivity contribution in [3.8, 4) is 0 Å². The number of rotatable bonds is 2. The zero-order valence-electron chi connectivity index (χ0n) is 5.40. The Morgan fingerprint density at radius 1 is 1.70 bits per heavy atom. The van der Waals surface area contributed by atoms with Gasteiger partial charge in [0.1, 0.15) is 0 Å². The van der Waals surface area contributed by atoms with Crippen LogP contribution in [0.5, 0.6) is 0 Å². The monoisotopic (exact) mass is 148 g/mol. The van der Waals surface area contributed by atoms with E-state index >= 15 is 0 Å². The summed E-state index contributed by atoms with van der Waals surface area (Å²) in [5.41, 5.74) is 0. The van der Waals surface area contributed by atoms with Gasteiger partial charge in [-0.05, 0) is 6.92 Å². The Bertz CT molecular complexity index is 146. The molecule has 0 aromatic rings. The molecule has 10 heavy (non-hydrogen) atoms. The molecule has 0 aliphatic heterocycles. The van der Waals surface area contributed by atoms with E-state index in [0.717, 1.165) is 0 Å². The van der Waals surface area contributed by atoms with Crippen LogP contribution in [-0.4, -0.2) is 28.8 Å². The molecule has 0 aliphatic rings. The van der Waals surface area contributed by atoms with Crippen molar-refractivity contribution in [1.29, 1.82) is 0 Å². The van der Waals surface area contributed by atoms with E-state index in [1.54, 1.807) is 6.92 Å². The fraction of sp³-hybridized carbons (Fsp3) is 0.500. The zero-order chi connectivity index (χ0) is 8.15. The van der Waals surface area contributed by atoms with Crippen molar-refractivity contribution in [3.63, 3.8) is 0 Å². The van der Waals surface area contributed by atoms with Gasteiger partial charge in [0.25, 0.3) is 0 Å². The van der Waals surface area contributed by atoms with Crippen molar-refractivity contribution >= 4 is 11.9 Å². The average molecular weight is 148 g/mol. The van der Waals surface area contributed by atoms with Crippen LogP contribution in [0.2, 0.25) is 0 Å². The lowest BCUT2D eigenvalue weighted by atomic mass is 10.7. The van der Waals surface area contributed by atoms with Gasteiger partial charge in [-0.1, -0.05) is 5.17 Å². The number of aliphatic carboxylic acids is 1. The summed E-state index contributed by atoms with van der Waals surface area (Å²) in [6.45, 7) is 1.84. The Labute approximate surface area is 57.1 Å². The van der Waals surface area contributed by atoms with Gasteiger partial charge in [0, 0.05) is 6.54 Å².